The molecule has 1 N–H and O–H groups in total. The van der Waals surface area contributed by atoms with Crippen molar-refractivity contribution in [3.63, 3.8) is 0 Å². The molecule has 2 aromatic heterocycles. The Morgan fingerprint density at radius 2 is 1.59 bits per heavy atom. The first-order valence-corrected chi connectivity index (χ1v) is 14.4. The molecule has 0 aliphatic heterocycles. The Hall–Kier alpha value is -2.40. The minimum atomic E-state index is -0.337. The van der Waals surface area contributed by atoms with Crippen LogP contribution in [0.3, 0.4) is 0 Å². The molecule has 211 valence electrons. The molecule has 0 aliphatic carbocycles. The van der Waals surface area contributed by atoms with Gasteiger partial charge in [-0.1, -0.05) is 73.6 Å². The minimum absolute atomic E-state index is 0. The summed E-state index contributed by atoms with van der Waals surface area (Å²) in [5, 5.41) is 11.3. The maximum atomic E-state index is 12.2. The number of thiophene rings is 1. The Bertz CT molecular complexity index is 1430. The van der Waals surface area contributed by atoms with Gasteiger partial charge < -0.3 is 5.11 Å². The van der Waals surface area contributed by atoms with Crippen molar-refractivity contribution < 1.29 is 30.0 Å². The molecule has 4 aromatic rings. The van der Waals surface area contributed by atoms with Crippen LogP contribution in [0.15, 0.2) is 54.6 Å². The van der Waals surface area contributed by atoms with Gasteiger partial charge in [0, 0.05) is 57.5 Å². The van der Waals surface area contributed by atoms with Crippen molar-refractivity contribution >= 4 is 37.4 Å². The number of benzene rings is 2. The molecule has 0 atom stereocenters. The number of carbonyl (C=O) groups excluding carboxylic acids is 1. The summed E-state index contributed by atoms with van der Waals surface area (Å²) in [4.78, 5) is 21.2. The van der Waals surface area contributed by atoms with Crippen LogP contribution >= 0.6 is 11.3 Å². The number of nitrogens with zero attached hydrogens (tertiary/aromatic N) is 2. The van der Waals surface area contributed by atoms with Crippen LogP contribution in [0.1, 0.15) is 78.4 Å². The summed E-state index contributed by atoms with van der Waals surface area (Å²) in [7, 11) is 0. The smallest absolute Gasteiger partial charge is 0.164 e. The molecule has 0 spiro atoms. The number of fused-ring (bicyclic) bond motifs is 3. The number of rotatable bonds is 8. The standard InChI is InChI=1S/C18H13N2S.C15H28O2.Ir/c1-11-7-12(2)9-13(8-11)16-18-17(20-10-19-16)14-5-3-4-6-15(14)21-18;1-7-14(5,8-2)12(16)11-13(17)15(6,9-3)10-4;/h3-8,10H,1-2H3;11,16H,7-10H2,1-6H3;/q-1;;/b;12-11-;. The van der Waals surface area contributed by atoms with Crippen LogP contribution in [0, 0.1) is 30.7 Å². The van der Waals surface area contributed by atoms with Crippen LogP contribution in [0.2, 0.25) is 0 Å². The molecule has 39 heavy (non-hydrogen) atoms. The van der Waals surface area contributed by atoms with Crippen molar-refractivity contribution in [3.05, 3.63) is 71.8 Å². The van der Waals surface area contributed by atoms with E-state index < -0.39 is 0 Å². The number of aromatic nitrogens is 2. The molecule has 0 saturated carbocycles. The molecule has 4 rings (SSSR count). The number of carbonyl (C=O) groups is 1. The fraction of sp³-hybridized carbons (Fsp3) is 0.424. The van der Waals surface area contributed by atoms with Crippen LogP contribution in [-0.2, 0) is 24.9 Å². The molecular formula is C33H41IrN2O2S-. The monoisotopic (exact) mass is 722 g/mol. The van der Waals surface area contributed by atoms with Crippen LogP contribution in [-0.4, -0.2) is 20.9 Å². The summed E-state index contributed by atoms with van der Waals surface area (Å²) < 4.78 is 2.39. The number of aliphatic hydroxyl groups is 1. The molecule has 0 unspecified atom stereocenters. The van der Waals surface area contributed by atoms with Crippen LogP contribution in [0.5, 0.6) is 0 Å². The van der Waals surface area contributed by atoms with E-state index in [-0.39, 0.29) is 42.5 Å². The van der Waals surface area contributed by atoms with E-state index in [1.165, 1.54) is 21.7 Å². The third-order valence-corrected chi connectivity index (χ3v) is 9.33. The van der Waals surface area contributed by atoms with Crippen molar-refractivity contribution in [1.82, 2.24) is 9.97 Å². The molecule has 0 amide bonds. The molecule has 0 saturated heterocycles. The third-order valence-electron chi connectivity index (χ3n) is 8.16. The number of hydrogen-bond acceptors (Lipinski definition) is 5. The Morgan fingerprint density at radius 1 is 0.974 bits per heavy atom. The van der Waals surface area contributed by atoms with E-state index in [2.05, 4.69) is 66.3 Å². The summed E-state index contributed by atoms with van der Waals surface area (Å²) in [6, 6.07) is 16.1. The molecule has 6 heteroatoms. The summed E-state index contributed by atoms with van der Waals surface area (Å²) in [5.41, 5.74) is 4.83. The van der Waals surface area contributed by atoms with Crippen LogP contribution < -0.4 is 0 Å². The first-order chi connectivity index (χ1) is 18.0. The first kappa shape index (κ1) is 32.8. The van der Waals surface area contributed by atoms with E-state index in [4.69, 9.17) is 0 Å². The second-order valence-electron chi connectivity index (χ2n) is 10.7. The molecule has 0 aliphatic rings. The normalized spacial score (nSPS) is 12.2. The Labute approximate surface area is 251 Å². The molecule has 2 aromatic carbocycles. The maximum absolute atomic E-state index is 12.2. The predicted octanol–water partition coefficient (Wildman–Crippen LogP) is 9.58. The van der Waals surface area contributed by atoms with Gasteiger partial charge in [-0.15, -0.1) is 46.2 Å². The zero-order valence-corrected chi connectivity index (χ0v) is 27.7. The zero-order chi connectivity index (χ0) is 28.1. The SMILES string of the molecule is CCC(C)(CC)C(=O)/C=C(\O)C(C)(CC)CC.Cc1[c-]c(-c2ncnc3c2sc2ccccc23)cc(C)c1.[Ir]. The van der Waals surface area contributed by atoms with E-state index in [1.54, 1.807) is 17.7 Å². The average Bonchev–Trinajstić information content (AvgIpc) is 3.30. The number of hydrogen-bond donors (Lipinski definition) is 1. The average molecular weight is 722 g/mol. The van der Waals surface area contributed by atoms with Crippen LogP contribution in [0.4, 0.5) is 0 Å². The van der Waals surface area contributed by atoms with E-state index in [9.17, 15) is 9.90 Å². The zero-order valence-electron chi connectivity index (χ0n) is 24.4. The number of allylic oxidation sites excluding steroid dienone is 2. The van der Waals surface area contributed by atoms with Gasteiger partial charge in [-0.3, -0.25) is 9.78 Å². The van der Waals surface area contributed by atoms with Crippen molar-refractivity contribution in [2.45, 2.75) is 81.1 Å². The fourth-order valence-electron chi connectivity index (χ4n) is 4.42. The Balaban J connectivity index is 0.000000275. The molecule has 4 nitrogen and oxygen atoms in total. The Morgan fingerprint density at radius 3 is 2.18 bits per heavy atom. The van der Waals surface area contributed by atoms with Gasteiger partial charge in [0.1, 0.15) is 12.1 Å². The molecular weight excluding hydrogens is 681 g/mol. The predicted molar refractivity (Wildman–Crippen MR) is 162 cm³/mol. The minimum Gasteiger partial charge on any atom is -0.512 e. The van der Waals surface area contributed by atoms with Gasteiger partial charge in [0.2, 0.25) is 0 Å². The quantitative estimate of drug-likeness (QED) is 0.112. The number of aliphatic hydroxyl groups excluding tert-OH is 1. The van der Waals surface area contributed by atoms with Gasteiger partial charge in [-0.05, 0) is 31.7 Å². The number of ketones is 1. The van der Waals surface area contributed by atoms with Gasteiger partial charge in [0.05, 0.1) is 5.52 Å². The summed E-state index contributed by atoms with van der Waals surface area (Å²) >= 11 is 1.75. The van der Waals surface area contributed by atoms with E-state index >= 15 is 0 Å². The van der Waals surface area contributed by atoms with Gasteiger partial charge in [0.15, 0.2) is 5.78 Å². The third kappa shape index (κ3) is 7.22. The Kier molecular flexibility index (Phi) is 11.6. The first-order valence-electron chi connectivity index (χ1n) is 13.6. The van der Waals surface area contributed by atoms with Gasteiger partial charge in [-0.2, -0.15) is 0 Å². The summed E-state index contributed by atoms with van der Waals surface area (Å²) in [5.74, 6) is 0.286. The van der Waals surface area contributed by atoms with Gasteiger partial charge in [0.25, 0.3) is 0 Å². The summed E-state index contributed by atoms with van der Waals surface area (Å²) in [6.07, 6.45) is 6.41. The van der Waals surface area contributed by atoms with Crippen molar-refractivity contribution in [3.8, 4) is 11.3 Å². The van der Waals surface area contributed by atoms with E-state index in [0.717, 1.165) is 52.7 Å². The molecule has 1 radical (unpaired) electrons. The van der Waals surface area contributed by atoms with E-state index in [0.29, 0.717) is 0 Å². The summed E-state index contributed by atoms with van der Waals surface area (Å²) in [6.45, 7) is 16.3. The number of aryl methyl sites for hydroxylation is 2. The van der Waals surface area contributed by atoms with Crippen molar-refractivity contribution in [1.29, 1.82) is 0 Å². The maximum Gasteiger partial charge on any atom is 0.164 e. The molecule has 0 fully saturated rings. The second kappa shape index (κ2) is 13.8. The molecule has 2 heterocycles. The van der Waals surface area contributed by atoms with Gasteiger partial charge >= 0.3 is 0 Å². The fourth-order valence-corrected chi connectivity index (χ4v) is 5.58. The largest absolute Gasteiger partial charge is 0.512 e. The van der Waals surface area contributed by atoms with E-state index in [1.807, 2.05) is 41.5 Å². The topological polar surface area (TPSA) is 63.1 Å². The van der Waals surface area contributed by atoms with Crippen LogP contribution in [0.25, 0.3) is 31.6 Å². The van der Waals surface area contributed by atoms with Crippen molar-refractivity contribution in [2.75, 3.05) is 0 Å². The molecule has 0 bridgehead atoms. The second-order valence-corrected chi connectivity index (χ2v) is 11.7. The van der Waals surface area contributed by atoms with Gasteiger partial charge in [-0.25, -0.2) is 4.98 Å². The van der Waals surface area contributed by atoms with Crippen molar-refractivity contribution in [2.24, 2.45) is 10.8 Å².